The van der Waals surface area contributed by atoms with Gasteiger partial charge in [-0.15, -0.1) is 0 Å². The third-order valence-corrected chi connectivity index (χ3v) is 3.16. The molecular weight excluding hydrogens is 304 g/mol. The number of carbonyl (C=O) groups is 1. The molecule has 0 radical (unpaired) electrons. The van der Waals surface area contributed by atoms with Gasteiger partial charge < -0.3 is 5.32 Å². The molecule has 0 bridgehead atoms. The Kier molecular flexibility index (Phi) is 3.98. The van der Waals surface area contributed by atoms with Crippen molar-refractivity contribution >= 4 is 27.5 Å². The molecule has 0 saturated carbocycles. The van der Waals surface area contributed by atoms with Crippen LogP contribution in [-0.2, 0) is 0 Å². The second-order valence-electron chi connectivity index (χ2n) is 4.12. The maximum absolute atomic E-state index is 12.1. The summed E-state index contributed by atoms with van der Waals surface area (Å²) in [6.07, 6.45) is 0. The van der Waals surface area contributed by atoms with E-state index in [9.17, 15) is 4.79 Å². The maximum Gasteiger partial charge on any atom is 0.255 e. The number of hydrogen-bond donors (Lipinski definition) is 1. The number of carbonyl (C=O) groups excluding carboxylic acids is 1. The van der Waals surface area contributed by atoms with Crippen molar-refractivity contribution in [1.29, 1.82) is 5.26 Å². The molecule has 1 N–H and O–H groups in total. The molecule has 19 heavy (non-hydrogen) atoms. The van der Waals surface area contributed by atoms with E-state index in [1.165, 1.54) is 0 Å². The smallest absolute Gasteiger partial charge is 0.255 e. The fraction of sp³-hybridized carbons (Fsp3) is 0.0667. The van der Waals surface area contributed by atoms with Crippen LogP contribution in [-0.4, -0.2) is 5.91 Å². The molecule has 1 amide bonds. The first-order valence-corrected chi connectivity index (χ1v) is 6.47. The van der Waals surface area contributed by atoms with Gasteiger partial charge in [0.05, 0.1) is 11.3 Å². The Morgan fingerprint density at radius 3 is 2.53 bits per heavy atom. The zero-order chi connectivity index (χ0) is 13.8. The van der Waals surface area contributed by atoms with Crippen molar-refractivity contribution < 1.29 is 4.79 Å². The van der Waals surface area contributed by atoms with Gasteiger partial charge in [-0.25, -0.2) is 0 Å². The highest BCUT2D eigenvalue weighted by Crippen LogP contribution is 2.21. The van der Waals surface area contributed by atoms with Crippen LogP contribution in [0.4, 0.5) is 5.69 Å². The molecule has 0 aliphatic carbocycles. The molecule has 0 heterocycles. The van der Waals surface area contributed by atoms with Crippen LogP contribution in [0.25, 0.3) is 0 Å². The molecule has 0 spiro atoms. The standard InChI is InChI=1S/C15H11BrN2O/c1-10-2-4-11(5-3-10)15(19)18-14-8-13(16)7-6-12(14)9-17/h2-8H,1H3,(H,18,19). The molecule has 2 aromatic carbocycles. The molecule has 0 aromatic heterocycles. The van der Waals surface area contributed by atoms with Crippen LogP contribution in [0.3, 0.4) is 0 Å². The number of nitrogens with zero attached hydrogens (tertiary/aromatic N) is 1. The normalized spacial score (nSPS) is 9.74. The Labute approximate surface area is 120 Å². The van der Waals surface area contributed by atoms with Crippen molar-refractivity contribution in [2.75, 3.05) is 5.32 Å². The molecule has 2 rings (SSSR count). The summed E-state index contributed by atoms with van der Waals surface area (Å²) in [7, 11) is 0. The number of nitriles is 1. The van der Waals surface area contributed by atoms with E-state index in [1.807, 2.05) is 19.1 Å². The molecule has 0 saturated heterocycles. The average Bonchev–Trinajstić information content (AvgIpc) is 2.39. The third-order valence-electron chi connectivity index (χ3n) is 2.66. The lowest BCUT2D eigenvalue weighted by molar-refractivity contribution is 0.102. The van der Waals surface area contributed by atoms with E-state index in [2.05, 4.69) is 27.3 Å². The van der Waals surface area contributed by atoms with Gasteiger partial charge in [-0.3, -0.25) is 4.79 Å². The number of benzene rings is 2. The minimum Gasteiger partial charge on any atom is -0.321 e. The van der Waals surface area contributed by atoms with E-state index in [-0.39, 0.29) is 5.91 Å². The van der Waals surface area contributed by atoms with E-state index in [0.717, 1.165) is 10.0 Å². The number of aryl methyl sites for hydroxylation is 1. The Morgan fingerprint density at radius 2 is 1.89 bits per heavy atom. The van der Waals surface area contributed by atoms with E-state index in [4.69, 9.17) is 5.26 Å². The lowest BCUT2D eigenvalue weighted by Gasteiger charge is -2.07. The summed E-state index contributed by atoms with van der Waals surface area (Å²) in [6, 6.07) is 14.5. The van der Waals surface area contributed by atoms with E-state index in [1.54, 1.807) is 30.3 Å². The van der Waals surface area contributed by atoms with Gasteiger partial charge in [0, 0.05) is 10.0 Å². The maximum atomic E-state index is 12.1. The molecule has 4 heteroatoms. The van der Waals surface area contributed by atoms with Crippen LogP contribution in [0.2, 0.25) is 0 Å². The van der Waals surface area contributed by atoms with Crippen LogP contribution in [0.5, 0.6) is 0 Å². The number of nitrogens with one attached hydrogen (secondary N) is 1. The van der Waals surface area contributed by atoms with Crippen LogP contribution in [0.1, 0.15) is 21.5 Å². The average molecular weight is 315 g/mol. The monoisotopic (exact) mass is 314 g/mol. The summed E-state index contributed by atoms with van der Waals surface area (Å²) >= 11 is 3.32. The fourth-order valence-corrected chi connectivity index (χ4v) is 1.98. The second kappa shape index (κ2) is 5.68. The summed E-state index contributed by atoms with van der Waals surface area (Å²) in [4.78, 5) is 12.1. The van der Waals surface area contributed by atoms with Crippen molar-refractivity contribution in [3.8, 4) is 6.07 Å². The minimum absolute atomic E-state index is 0.227. The predicted molar refractivity (Wildman–Crippen MR) is 78.0 cm³/mol. The Bertz CT molecular complexity index is 657. The first-order chi connectivity index (χ1) is 9.10. The topological polar surface area (TPSA) is 52.9 Å². The Hall–Kier alpha value is -2.12. The molecule has 0 aliphatic heterocycles. The van der Waals surface area contributed by atoms with Gasteiger partial charge in [0.15, 0.2) is 0 Å². The summed E-state index contributed by atoms with van der Waals surface area (Å²) in [6.45, 7) is 1.96. The predicted octanol–water partition coefficient (Wildman–Crippen LogP) is 3.88. The first-order valence-electron chi connectivity index (χ1n) is 5.68. The van der Waals surface area contributed by atoms with Gasteiger partial charge in [0.2, 0.25) is 0 Å². The van der Waals surface area contributed by atoms with Crippen LogP contribution in [0, 0.1) is 18.3 Å². The summed E-state index contributed by atoms with van der Waals surface area (Å²) < 4.78 is 0.811. The van der Waals surface area contributed by atoms with E-state index >= 15 is 0 Å². The van der Waals surface area contributed by atoms with Crippen molar-refractivity contribution in [3.05, 3.63) is 63.6 Å². The number of anilines is 1. The molecule has 0 aliphatic rings. The molecule has 0 atom stereocenters. The lowest BCUT2D eigenvalue weighted by atomic mass is 10.1. The number of hydrogen-bond acceptors (Lipinski definition) is 2. The summed E-state index contributed by atoms with van der Waals surface area (Å²) in [5.41, 5.74) is 2.59. The van der Waals surface area contributed by atoms with Crippen LogP contribution in [0.15, 0.2) is 46.9 Å². The number of amides is 1. The SMILES string of the molecule is Cc1ccc(C(=O)Nc2cc(Br)ccc2C#N)cc1. The quantitative estimate of drug-likeness (QED) is 0.914. The van der Waals surface area contributed by atoms with Crippen molar-refractivity contribution in [3.63, 3.8) is 0 Å². The molecule has 0 unspecified atom stereocenters. The van der Waals surface area contributed by atoms with Crippen molar-refractivity contribution in [1.82, 2.24) is 0 Å². The first kappa shape index (κ1) is 13.3. The van der Waals surface area contributed by atoms with E-state index < -0.39 is 0 Å². The second-order valence-corrected chi connectivity index (χ2v) is 5.04. The molecule has 2 aromatic rings. The zero-order valence-corrected chi connectivity index (χ0v) is 11.9. The van der Waals surface area contributed by atoms with Gasteiger partial charge in [0.25, 0.3) is 5.91 Å². The Balaban J connectivity index is 2.26. The highest BCUT2D eigenvalue weighted by atomic mass is 79.9. The van der Waals surface area contributed by atoms with Crippen LogP contribution < -0.4 is 5.32 Å². The van der Waals surface area contributed by atoms with Crippen molar-refractivity contribution in [2.24, 2.45) is 0 Å². The van der Waals surface area contributed by atoms with E-state index in [0.29, 0.717) is 16.8 Å². The Morgan fingerprint density at radius 1 is 1.21 bits per heavy atom. The van der Waals surface area contributed by atoms with Gasteiger partial charge in [0.1, 0.15) is 6.07 Å². The molecular formula is C15H11BrN2O. The lowest BCUT2D eigenvalue weighted by Crippen LogP contribution is -2.12. The van der Waals surface area contributed by atoms with Crippen LogP contribution >= 0.6 is 15.9 Å². The number of rotatable bonds is 2. The summed E-state index contributed by atoms with van der Waals surface area (Å²) in [5, 5.41) is 11.8. The summed E-state index contributed by atoms with van der Waals surface area (Å²) in [5.74, 6) is -0.227. The third kappa shape index (κ3) is 3.21. The van der Waals surface area contributed by atoms with Gasteiger partial charge in [-0.05, 0) is 37.3 Å². The van der Waals surface area contributed by atoms with Gasteiger partial charge in [-0.1, -0.05) is 33.6 Å². The minimum atomic E-state index is -0.227. The number of halogens is 1. The highest BCUT2D eigenvalue weighted by Gasteiger charge is 2.09. The molecule has 94 valence electrons. The van der Waals surface area contributed by atoms with Crippen molar-refractivity contribution in [2.45, 2.75) is 6.92 Å². The largest absolute Gasteiger partial charge is 0.321 e. The van der Waals surface area contributed by atoms with Gasteiger partial charge in [-0.2, -0.15) is 5.26 Å². The molecule has 0 fully saturated rings. The van der Waals surface area contributed by atoms with Gasteiger partial charge >= 0.3 is 0 Å². The highest BCUT2D eigenvalue weighted by molar-refractivity contribution is 9.10. The zero-order valence-electron chi connectivity index (χ0n) is 10.3. The molecule has 3 nitrogen and oxygen atoms in total. The fourth-order valence-electron chi connectivity index (χ4n) is 1.62.